The van der Waals surface area contributed by atoms with Gasteiger partial charge >= 0.3 is 18.0 Å². The van der Waals surface area contributed by atoms with Gasteiger partial charge in [0.05, 0.1) is 18.6 Å². The molecule has 0 aliphatic carbocycles. The van der Waals surface area contributed by atoms with Crippen molar-refractivity contribution in [3.05, 3.63) is 29.8 Å². The van der Waals surface area contributed by atoms with Crippen LogP contribution in [0, 0.1) is 0 Å². The van der Waals surface area contributed by atoms with Crippen molar-refractivity contribution in [3.63, 3.8) is 0 Å². The smallest absolute Gasteiger partial charge is 0.459 e. The molecule has 0 fully saturated rings. The van der Waals surface area contributed by atoms with Gasteiger partial charge in [0.2, 0.25) is 0 Å². The molecule has 0 radical (unpaired) electrons. The average Bonchev–Trinajstić information content (AvgIpc) is 2.51. The largest absolute Gasteiger partial charge is 0.494 e. The summed E-state index contributed by atoms with van der Waals surface area (Å²) in [6.45, 7) is 3.19. The van der Waals surface area contributed by atoms with E-state index in [4.69, 9.17) is 9.47 Å². The van der Waals surface area contributed by atoms with Crippen molar-refractivity contribution in [2.24, 2.45) is 0 Å². The topological polar surface area (TPSA) is 18.5 Å². The number of benzene rings is 1. The van der Waals surface area contributed by atoms with Gasteiger partial charge in [0.15, 0.2) is 0 Å². The summed E-state index contributed by atoms with van der Waals surface area (Å²) in [5.41, 5.74) is -2.08. The second-order valence-corrected chi connectivity index (χ2v) is 5.76. The Labute approximate surface area is 140 Å². The van der Waals surface area contributed by atoms with E-state index >= 15 is 0 Å². The molecule has 0 heterocycles. The first-order chi connectivity index (χ1) is 11.3. The SMILES string of the molecule is CCCOc1cccc(C(C)(CC(F)(F)C(F)(F)C(F)(F)F)OC)c1. The molecular weight excluding hydrogens is 357 g/mol. The van der Waals surface area contributed by atoms with Crippen LogP contribution < -0.4 is 4.74 Å². The van der Waals surface area contributed by atoms with E-state index in [0.29, 0.717) is 13.0 Å². The Morgan fingerprint density at radius 2 is 1.60 bits per heavy atom. The molecule has 0 saturated carbocycles. The van der Waals surface area contributed by atoms with E-state index in [1.54, 1.807) is 0 Å². The number of methoxy groups -OCH3 is 1. The van der Waals surface area contributed by atoms with E-state index in [1.807, 2.05) is 6.92 Å². The van der Waals surface area contributed by atoms with Gasteiger partial charge in [-0.25, -0.2) is 0 Å². The van der Waals surface area contributed by atoms with Crippen molar-refractivity contribution in [3.8, 4) is 5.75 Å². The summed E-state index contributed by atoms with van der Waals surface area (Å²) >= 11 is 0. The maximum Gasteiger partial charge on any atom is 0.459 e. The second-order valence-electron chi connectivity index (χ2n) is 5.76. The van der Waals surface area contributed by atoms with E-state index in [1.165, 1.54) is 24.3 Å². The van der Waals surface area contributed by atoms with Crippen molar-refractivity contribution >= 4 is 0 Å². The van der Waals surface area contributed by atoms with Crippen LogP contribution in [-0.4, -0.2) is 31.7 Å². The summed E-state index contributed by atoms with van der Waals surface area (Å²) in [6, 6.07) is 5.50. The number of alkyl halides is 7. The van der Waals surface area contributed by atoms with Crippen LogP contribution in [0.1, 0.15) is 32.3 Å². The van der Waals surface area contributed by atoms with Crippen molar-refractivity contribution in [2.45, 2.75) is 50.3 Å². The Balaban J connectivity index is 3.19. The van der Waals surface area contributed by atoms with Gasteiger partial charge in [-0.05, 0) is 31.0 Å². The fourth-order valence-corrected chi connectivity index (χ4v) is 2.17. The van der Waals surface area contributed by atoms with Gasteiger partial charge in [-0.1, -0.05) is 19.1 Å². The molecule has 0 aromatic heterocycles. The third-order valence-electron chi connectivity index (χ3n) is 3.74. The number of halogens is 7. The number of ether oxygens (including phenoxy) is 2. The third kappa shape index (κ3) is 4.56. The van der Waals surface area contributed by atoms with Gasteiger partial charge in [0.25, 0.3) is 0 Å². The third-order valence-corrected chi connectivity index (χ3v) is 3.74. The molecule has 1 aromatic carbocycles. The predicted molar refractivity (Wildman–Crippen MR) is 77.2 cm³/mol. The highest BCUT2D eigenvalue weighted by molar-refractivity contribution is 5.32. The van der Waals surface area contributed by atoms with Crippen LogP contribution in [0.5, 0.6) is 5.75 Å². The highest BCUT2D eigenvalue weighted by Gasteiger charge is 2.73. The Hall–Kier alpha value is -1.51. The standard InChI is InChI=1S/C16H19F7O2/c1-4-8-25-12-7-5-6-11(9-12)13(2,24-3)10-14(17,18)15(19,20)16(21,22)23/h5-7,9H,4,8,10H2,1-3H3. The van der Waals surface area contributed by atoms with Crippen LogP contribution in [0.25, 0.3) is 0 Å². The van der Waals surface area contributed by atoms with Crippen LogP contribution in [-0.2, 0) is 10.3 Å². The Morgan fingerprint density at radius 3 is 2.08 bits per heavy atom. The molecule has 25 heavy (non-hydrogen) atoms. The van der Waals surface area contributed by atoms with E-state index in [2.05, 4.69) is 0 Å². The quantitative estimate of drug-likeness (QED) is 0.553. The van der Waals surface area contributed by atoms with Crippen LogP contribution in [0.4, 0.5) is 30.7 Å². The van der Waals surface area contributed by atoms with E-state index in [9.17, 15) is 30.7 Å². The highest BCUT2D eigenvalue weighted by Crippen LogP contribution is 2.51. The lowest BCUT2D eigenvalue weighted by Crippen LogP contribution is -2.54. The monoisotopic (exact) mass is 376 g/mol. The zero-order valence-corrected chi connectivity index (χ0v) is 13.9. The van der Waals surface area contributed by atoms with Crippen molar-refractivity contribution < 1.29 is 40.2 Å². The minimum Gasteiger partial charge on any atom is -0.494 e. The zero-order chi connectivity index (χ0) is 19.5. The molecule has 0 saturated heterocycles. The zero-order valence-electron chi connectivity index (χ0n) is 13.9. The first kappa shape index (κ1) is 21.5. The van der Waals surface area contributed by atoms with E-state index < -0.39 is 30.0 Å². The lowest BCUT2D eigenvalue weighted by atomic mass is 9.87. The average molecular weight is 376 g/mol. The number of rotatable bonds is 8. The van der Waals surface area contributed by atoms with Crippen LogP contribution in [0.3, 0.4) is 0 Å². The van der Waals surface area contributed by atoms with E-state index in [-0.39, 0.29) is 11.3 Å². The molecule has 9 heteroatoms. The molecule has 0 aliphatic rings. The van der Waals surface area contributed by atoms with Crippen LogP contribution in [0.15, 0.2) is 24.3 Å². The summed E-state index contributed by atoms with van der Waals surface area (Å²) < 4.78 is 101. The molecule has 0 spiro atoms. The van der Waals surface area contributed by atoms with Gasteiger partial charge in [0.1, 0.15) is 5.75 Å². The molecule has 2 nitrogen and oxygen atoms in total. The van der Waals surface area contributed by atoms with Crippen LogP contribution >= 0.6 is 0 Å². The normalized spacial score (nSPS) is 15.8. The summed E-state index contributed by atoms with van der Waals surface area (Å²) in [4.78, 5) is 0. The van der Waals surface area contributed by atoms with Crippen molar-refractivity contribution in [1.29, 1.82) is 0 Å². The fraction of sp³-hybridized carbons (Fsp3) is 0.625. The Morgan fingerprint density at radius 1 is 1.00 bits per heavy atom. The summed E-state index contributed by atoms with van der Waals surface area (Å²) in [6.07, 6.45) is -7.57. The molecule has 0 N–H and O–H groups in total. The number of hydrogen-bond acceptors (Lipinski definition) is 2. The molecule has 1 atom stereocenters. The van der Waals surface area contributed by atoms with Crippen LogP contribution in [0.2, 0.25) is 0 Å². The molecule has 144 valence electrons. The lowest BCUT2D eigenvalue weighted by Gasteiger charge is -2.36. The molecule has 1 rings (SSSR count). The van der Waals surface area contributed by atoms with Gasteiger partial charge < -0.3 is 9.47 Å². The minimum atomic E-state index is -6.38. The van der Waals surface area contributed by atoms with E-state index in [0.717, 1.165) is 14.0 Å². The fourth-order valence-electron chi connectivity index (χ4n) is 2.17. The molecule has 0 bridgehead atoms. The highest BCUT2D eigenvalue weighted by atomic mass is 19.4. The minimum absolute atomic E-state index is 0.00116. The second kappa shape index (κ2) is 7.39. The first-order valence-corrected chi connectivity index (χ1v) is 7.41. The molecular formula is C16H19F7O2. The summed E-state index contributed by atoms with van der Waals surface area (Å²) in [5, 5.41) is 0. The first-order valence-electron chi connectivity index (χ1n) is 7.41. The summed E-state index contributed by atoms with van der Waals surface area (Å²) in [7, 11) is 0.960. The number of hydrogen-bond donors (Lipinski definition) is 0. The maximum atomic E-state index is 13.8. The predicted octanol–water partition coefficient (Wildman–Crippen LogP) is 5.56. The van der Waals surface area contributed by atoms with Crippen molar-refractivity contribution in [1.82, 2.24) is 0 Å². The molecule has 0 aliphatic heterocycles. The molecule has 1 aromatic rings. The van der Waals surface area contributed by atoms with Gasteiger partial charge in [-0.2, -0.15) is 30.7 Å². The lowest BCUT2D eigenvalue weighted by molar-refractivity contribution is -0.361. The molecule has 1 unspecified atom stereocenters. The van der Waals surface area contributed by atoms with Gasteiger partial charge in [0, 0.05) is 7.11 Å². The maximum absolute atomic E-state index is 13.8. The van der Waals surface area contributed by atoms with Gasteiger partial charge in [-0.3, -0.25) is 0 Å². The van der Waals surface area contributed by atoms with Crippen molar-refractivity contribution in [2.75, 3.05) is 13.7 Å². The summed E-state index contributed by atoms with van der Waals surface area (Å²) in [5.74, 6) is -11.3. The molecule has 0 amide bonds. The van der Waals surface area contributed by atoms with Gasteiger partial charge in [-0.15, -0.1) is 0 Å². The Kier molecular flexibility index (Phi) is 6.36. The Bertz CT molecular complexity index is 572.